The predicted octanol–water partition coefficient (Wildman–Crippen LogP) is 2.60. The van der Waals surface area contributed by atoms with Crippen LogP contribution < -0.4 is 4.89 Å². The molecule has 0 aromatic carbocycles. The molecule has 0 bridgehead atoms. The summed E-state index contributed by atoms with van der Waals surface area (Å²) in [6, 6.07) is 0. The Morgan fingerprint density at radius 3 is 1.83 bits per heavy atom. The molecule has 0 spiro atoms. The standard InChI is InChI=1S/C8H19GeO2P/c1-4-9(5-2,6-3)7-8-12(10)11/h4-8H2,1-3H3. The van der Waals surface area contributed by atoms with Gasteiger partial charge in [-0.25, -0.2) is 0 Å². The van der Waals surface area contributed by atoms with E-state index in [0.29, 0.717) is 6.16 Å². The summed E-state index contributed by atoms with van der Waals surface area (Å²) in [5.41, 5.74) is 0. The Kier molecular flexibility index (Phi) is 6.42. The molecule has 4 heteroatoms. The second kappa shape index (κ2) is 6.12. The first-order valence-corrected chi connectivity index (χ1v) is 12.0. The SMILES string of the molecule is C[CH2][Ge]([CH2]C)([CH2]C)[CH2]C[P+](=O)[O-]. The molecule has 1 unspecified atom stereocenters. The van der Waals surface area contributed by atoms with Crippen molar-refractivity contribution in [2.75, 3.05) is 6.16 Å². The van der Waals surface area contributed by atoms with Gasteiger partial charge in [-0.2, -0.15) is 0 Å². The van der Waals surface area contributed by atoms with Gasteiger partial charge in [0.2, 0.25) is 0 Å². The average molecular weight is 251 g/mol. The Labute approximate surface area is 79.0 Å². The fraction of sp³-hybridized carbons (Fsp3) is 1.00. The van der Waals surface area contributed by atoms with E-state index in [9.17, 15) is 9.46 Å². The van der Waals surface area contributed by atoms with Crippen molar-refractivity contribution < 1.29 is 9.46 Å². The van der Waals surface area contributed by atoms with Gasteiger partial charge in [0.05, 0.1) is 0 Å². The monoisotopic (exact) mass is 252 g/mol. The molecular formula is C8H19GeO2P. The van der Waals surface area contributed by atoms with E-state index < -0.39 is 21.3 Å². The molecule has 0 aliphatic carbocycles. The minimum absolute atomic E-state index is 0.435. The van der Waals surface area contributed by atoms with Crippen LogP contribution >= 0.6 is 8.03 Å². The Morgan fingerprint density at radius 2 is 1.58 bits per heavy atom. The van der Waals surface area contributed by atoms with Gasteiger partial charge in [0.25, 0.3) is 0 Å². The van der Waals surface area contributed by atoms with Gasteiger partial charge in [0.15, 0.2) is 0 Å². The van der Waals surface area contributed by atoms with E-state index in [1.54, 1.807) is 0 Å². The van der Waals surface area contributed by atoms with Gasteiger partial charge in [-0.15, -0.1) is 0 Å². The first kappa shape index (κ1) is 12.6. The zero-order valence-electron chi connectivity index (χ0n) is 8.30. The summed E-state index contributed by atoms with van der Waals surface area (Å²) in [4.78, 5) is 10.5. The molecular weight excluding hydrogens is 232 g/mol. The zero-order valence-corrected chi connectivity index (χ0v) is 11.3. The summed E-state index contributed by atoms with van der Waals surface area (Å²) in [5, 5.41) is 4.84. The van der Waals surface area contributed by atoms with Crippen LogP contribution in [0.25, 0.3) is 0 Å². The van der Waals surface area contributed by atoms with Gasteiger partial charge >= 0.3 is 78.7 Å². The van der Waals surface area contributed by atoms with E-state index in [2.05, 4.69) is 20.8 Å². The van der Waals surface area contributed by atoms with E-state index in [4.69, 9.17) is 0 Å². The third-order valence-electron chi connectivity index (χ3n) is 3.07. The summed E-state index contributed by atoms with van der Waals surface area (Å²) in [6.45, 7) is 6.68. The Balaban J connectivity index is 4.01. The van der Waals surface area contributed by atoms with Gasteiger partial charge in [0.1, 0.15) is 0 Å². The van der Waals surface area contributed by atoms with Crippen molar-refractivity contribution in [1.82, 2.24) is 0 Å². The molecule has 1 atom stereocenters. The van der Waals surface area contributed by atoms with Crippen molar-refractivity contribution in [2.24, 2.45) is 0 Å². The molecule has 0 fully saturated rings. The van der Waals surface area contributed by atoms with E-state index in [1.165, 1.54) is 15.8 Å². The van der Waals surface area contributed by atoms with Crippen molar-refractivity contribution in [3.05, 3.63) is 0 Å². The minimum atomic E-state index is -2.14. The fourth-order valence-electron chi connectivity index (χ4n) is 1.61. The molecule has 0 N–H and O–H groups in total. The molecule has 2 nitrogen and oxygen atoms in total. The third-order valence-corrected chi connectivity index (χ3v) is 16.7. The second-order valence-corrected chi connectivity index (χ2v) is 16.3. The summed E-state index contributed by atoms with van der Waals surface area (Å²) >= 11 is -1.67. The normalized spacial score (nSPS) is 13.2. The molecule has 0 aliphatic heterocycles. The maximum atomic E-state index is 10.5. The van der Waals surface area contributed by atoms with Crippen LogP contribution in [0.15, 0.2) is 0 Å². The average Bonchev–Trinajstić information content (AvgIpc) is 2.08. The molecule has 0 radical (unpaired) electrons. The van der Waals surface area contributed by atoms with Gasteiger partial charge in [0, 0.05) is 0 Å². The Hall–Kier alpha value is 0.603. The summed E-state index contributed by atoms with van der Waals surface area (Å²) in [5.74, 6) is 0. The second-order valence-electron chi connectivity index (χ2n) is 3.37. The van der Waals surface area contributed by atoms with E-state index >= 15 is 0 Å². The Morgan fingerprint density at radius 1 is 1.17 bits per heavy atom. The molecule has 0 heterocycles. The quantitative estimate of drug-likeness (QED) is 0.537. The van der Waals surface area contributed by atoms with Crippen molar-refractivity contribution in [3.8, 4) is 0 Å². The Bertz CT molecular complexity index is 138. The summed E-state index contributed by atoms with van der Waals surface area (Å²) < 4.78 is 10.5. The predicted molar refractivity (Wildman–Crippen MR) is 54.5 cm³/mol. The van der Waals surface area contributed by atoms with Crippen LogP contribution in [0.5, 0.6) is 0 Å². The zero-order chi connectivity index (χ0) is 9.61. The fourth-order valence-corrected chi connectivity index (χ4v) is 11.8. The van der Waals surface area contributed by atoms with Crippen LogP contribution in [0.3, 0.4) is 0 Å². The molecule has 0 aromatic heterocycles. The van der Waals surface area contributed by atoms with Crippen molar-refractivity contribution in [3.63, 3.8) is 0 Å². The first-order valence-electron chi connectivity index (χ1n) is 4.72. The van der Waals surface area contributed by atoms with Crippen LogP contribution in [-0.4, -0.2) is 19.4 Å². The molecule has 72 valence electrons. The van der Waals surface area contributed by atoms with E-state index in [0.717, 1.165) is 5.25 Å². The van der Waals surface area contributed by atoms with Crippen LogP contribution in [0, 0.1) is 0 Å². The number of hydrogen-bond donors (Lipinski definition) is 0. The van der Waals surface area contributed by atoms with E-state index in [1.807, 2.05) is 0 Å². The molecule has 12 heavy (non-hydrogen) atoms. The van der Waals surface area contributed by atoms with Crippen molar-refractivity contribution in [2.45, 2.75) is 41.8 Å². The molecule has 0 rings (SSSR count). The third kappa shape index (κ3) is 4.02. The van der Waals surface area contributed by atoms with Gasteiger partial charge in [-0.3, -0.25) is 0 Å². The van der Waals surface area contributed by atoms with Crippen LogP contribution in [0.4, 0.5) is 0 Å². The van der Waals surface area contributed by atoms with Crippen LogP contribution in [0.1, 0.15) is 20.8 Å². The molecule has 0 aromatic rings. The summed E-state index contributed by atoms with van der Waals surface area (Å²) in [7, 11) is -2.14. The van der Waals surface area contributed by atoms with E-state index in [-0.39, 0.29) is 0 Å². The first-order chi connectivity index (χ1) is 5.60. The van der Waals surface area contributed by atoms with Gasteiger partial charge in [-0.05, 0) is 0 Å². The van der Waals surface area contributed by atoms with Crippen molar-refractivity contribution in [1.29, 1.82) is 0 Å². The molecule has 0 aliphatic rings. The molecule has 0 saturated carbocycles. The van der Waals surface area contributed by atoms with Crippen LogP contribution in [0.2, 0.25) is 21.0 Å². The van der Waals surface area contributed by atoms with Crippen LogP contribution in [-0.2, 0) is 4.57 Å². The van der Waals surface area contributed by atoms with Crippen molar-refractivity contribution >= 4 is 21.3 Å². The number of hydrogen-bond acceptors (Lipinski definition) is 2. The molecule has 0 amide bonds. The van der Waals surface area contributed by atoms with Gasteiger partial charge < -0.3 is 0 Å². The topological polar surface area (TPSA) is 40.1 Å². The molecule has 0 saturated heterocycles. The number of rotatable bonds is 6. The van der Waals surface area contributed by atoms with Gasteiger partial charge in [-0.1, -0.05) is 0 Å². The maximum absolute atomic E-state index is 10.5. The summed E-state index contributed by atoms with van der Waals surface area (Å²) in [6.07, 6.45) is 0.435.